The van der Waals surface area contributed by atoms with Crippen LogP contribution in [0.15, 0.2) is 36.4 Å². The molecule has 0 amide bonds. The Morgan fingerprint density at radius 3 is 2.33 bits per heavy atom. The van der Waals surface area contributed by atoms with E-state index < -0.39 is 0 Å². The van der Waals surface area contributed by atoms with E-state index >= 15 is 0 Å². The molecule has 0 aliphatic heterocycles. The van der Waals surface area contributed by atoms with Crippen molar-refractivity contribution in [2.45, 2.75) is 27.3 Å². The number of aromatic nitrogens is 1. The van der Waals surface area contributed by atoms with Gasteiger partial charge in [-0.05, 0) is 44.3 Å². The second-order valence-corrected chi connectivity index (χ2v) is 8.17. The molecule has 0 radical (unpaired) electrons. The quantitative estimate of drug-likeness (QED) is 0.342. The topological polar surface area (TPSA) is 34.5 Å². The summed E-state index contributed by atoms with van der Waals surface area (Å²) in [7, 11) is 0. The van der Waals surface area contributed by atoms with Crippen LogP contribution in [0.4, 0.5) is 0 Å². The summed E-state index contributed by atoms with van der Waals surface area (Å²) in [6.45, 7) is 9.64. The largest absolute Gasteiger partial charge is 0.461 e. The lowest BCUT2D eigenvalue weighted by molar-refractivity contribution is 0.0515. The van der Waals surface area contributed by atoms with Crippen molar-refractivity contribution in [2.75, 3.05) is 26.2 Å². The van der Waals surface area contributed by atoms with Crippen LogP contribution in [-0.4, -0.2) is 41.7 Å². The van der Waals surface area contributed by atoms with Gasteiger partial charge < -0.3 is 14.2 Å². The van der Waals surface area contributed by atoms with Gasteiger partial charge in [-0.15, -0.1) is 0 Å². The zero-order chi connectivity index (χ0) is 21.8. The van der Waals surface area contributed by atoms with Crippen LogP contribution in [0.3, 0.4) is 0 Å². The van der Waals surface area contributed by atoms with Crippen molar-refractivity contribution in [3.05, 3.63) is 57.2 Å². The molecule has 1 heterocycles. The Morgan fingerprint density at radius 1 is 0.967 bits per heavy atom. The number of ether oxygens (including phenoxy) is 1. The third kappa shape index (κ3) is 4.62. The molecule has 4 nitrogen and oxygen atoms in total. The standard InChI is InChI=1S/C23H25Cl3N2O2/c1-4-27(5-2)11-12-28-21(15-7-10-19(25)20(26)13-15)18-14-16(24)8-9-17(18)22(28)23(29)30-6-3/h7-10,13-14H,4-6,11-12H2,1-3H3. The van der Waals surface area contributed by atoms with E-state index in [1.807, 2.05) is 28.8 Å². The van der Waals surface area contributed by atoms with E-state index in [0.29, 0.717) is 33.9 Å². The van der Waals surface area contributed by atoms with Crippen LogP contribution in [0.25, 0.3) is 22.0 Å². The van der Waals surface area contributed by atoms with Gasteiger partial charge in [0.25, 0.3) is 0 Å². The van der Waals surface area contributed by atoms with Crippen molar-refractivity contribution in [2.24, 2.45) is 0 Å². The van der Waals surface area contributed by atoms with Crippen molar-refractivity contribution in [1.82, 2.24) is 9.47 Å². The molecule has 3 rings (SSSR count). The minimum atomic E-state index is -0.351. The number of carbonyl (C=O) groups excluding carboxylic acids is 1. The summed E-state index contributed by atoms with van der Waals surface area (Å²) in [4.78, 5) is 15.3. The molecule has 0 N–H and O–H groups in total. The second-order valence-electron chi connectivity index (χ2n) is 6.91. The van der Waals surface area contributed by atoms with Crippen LogP contribution >= 0.6 is 34.8 Å². The molecule has 0 aliphatic carbocycles. The fraction of sp³-hybridized carbons (Fsp3) is 0.348. The van der Waals surface area contributed by atoms with E-state index in [9.17, 15) is 4.79 Å². The first-order valence-electron chi connectivity index (χ1n) is 10.1. The maximum Gasteiger partial charge on any atom is 0.355 e. The molecule has 0 aliphatic rings. The Labute approximate surface area is 192 Å². The zero-order valence-corrected chi connectivity index (χ0v) is 19.6. The van der Waals surface area contributed by atoms with E-state index in [2.05, 4.69) is 18.7 Å². The summed E-state index contributed by atoms with van der Waals surface area (Å²) < 4.78 is 7.43. The number of hydrogen-bond acceptors (Lipinski definition) is 3. The van der Waals surface area contributed by atoms with E-state index in [0.717, 1.165) is 41.7 Å². The van der Waals surface area contributed by atoms with E-state index in [4.69, 9.17) is 39.5 Å². The molecular formula is C23H25Cl3N2O2. The van der Waals surface area contributed by atoms with Crippen LogP contribution in [0.1, 0.15) is 31.3 Å². The highest BCUT2D eigenvalue weighted by Gasteiger charge is 2.25. The number of carbonyl (C=O) groups is 1. The van der Waals surface area contributed by atoms with Crippen LogP contribution < -0.4 is 0 Å². The molecular weight excluding hydrogens is 443 g/mol. The van der Waals surface area contributed by atoms with Gasteiger partial charge >= 0.3 is 5.97 Å². The molecule has 1 aromatic heterocycles. The monoisotopic (exact) mass is 466 g/mol. The predicted molar refractivity (Wildman–Crippen MR) is 126 cm³/mol. The molecule has 7 heteroatoms. The number of fused-ring (bicyclic) bond motifs is 1. The van der Waals surface area contributed by atoms with Gasteiger partial charge in [-0.3, -0.25) is 0 Å². The van der Waals surface area contributed by atoms with Gasteiger partial charge in [0.15, 0.2) is 0 Å². The summed E-state index contributed by atoms with van der Waals surface area (Å²) in [5.74, 6) is -0.351. The minimum Gasteiger partial charge on any atom is -0.461 e. The predicted octanol–water partition coefficient (Wildman–Crippen LogP) is 6.79. The summed E-state index contributed by atoms with van der Waals surface area (Å²) in [6, 6.07) is 11.0. The summed E-state index contributed by atoms with van der Waals surface area (Å²) in [5.41, 5.74) is 2.27. The van der Waals surface area contributed by atoms with Gasteiger partial charge in [-0.25, -0.2) is 4.79 Å². The van der Waals surface area contributed by atoms with Crippen LogP contribution in [0.2, 0.25) is 15.1 Å². The van der Waals surface area contributed by atoms with Crippen LogP contribution in [0.5, 0.6) is 0 Å². The smallest absolute Gasteiger partial charge is 0.355 e. The SMILES string of the molecule is CCOC(=O)c1c2ccc(Cl)cc2c(-c2ccc(Cl)c(Cl)c2)n1CCN(CC)CC. The molecule has 160 valence electrons. The molecule has 0 saturated heterocycles. The number of nitrogens with zero attached hydrogens (tertiary/aromatic N) is 2. The van der Waals surface area contributed by atoms with Gasteiger partial charge in [-0.2, -0.15) is 0 Å². The first-order chi connectivity index (χ1) is 14.4. The Morgan fingerprint density at radius 2 is 1.70 bits per heavy atom. The number of likely N-dealkylation sites (N-methyl/N-ethyl adjacent to an activating group) is 1. The molecule has 0 fully saturated rings. The lowest BCUT2D eigenvalue weighted by atomic mass is 10.1. The molecule has 0 atom stereocenters. The third-order valence-corrected chi connectivity index (χ3v) is 6.20. The van der Waals surface area contributed by atoms with Crippen molar-refractivity contribution in [3.63, 3.8) is 0 Å². The van der Waals surface area contributed by atoms with Crippen molar-refractivity contribution in [3.8, 4) is 11.3 Å². The molecule has 0 spiro atoms. The van der Waals surface area contributed by atoms with Crippen molar-refractivity contribution < 1.29 is 9.53 Å². The number of benzene rings is 2. The Kier molecular flexibility index (Phi) is 7.70. The van der Waals surface area contributed by atoms with Crippen LogP contribution in [0, 0.1) is 0 Å². The van der Waals surface area contributed by atoms with Gasteiger partial charge in [0.05, 0.1) is 22.3 Å². The molecule has 0 bridgehead atoms. The van der Waals surface area contributed by atoms with E-state index in [1.54, 1.807) is 19.1 Å². The fourth-order valence-corrected chi connectivity index (χ4v) is 4.17. The molecule has 0 saturated carbocycles. The molecule has 30 heavy (non-hydrogen) atoms. The summed E-state index contributed by atoms with van der Waals surface area (Å²) >= 11 is 18.8. The maximum atomic E-state index is 13.0. The lowest BCUT2D eigenvalue weighted by Gasteiger charge is -2.21. The Bertz CT molecular complexity index is 1060. The second kappa shape index (κ2) is 10.1. The highest BCUT2D eigenvalue weighted by atomic mass is 35.5. The normalized spacial score (nSPS) is 11.4. The highest BCUT2D eigenvalue weighted by molar-refractivity contribution is 6.42. The van der Waals surface area contributed by atoms with Crippen molar-refractivity contribution >= 4 is 51.5 Å². The zero-order valence-electron chi connectivity index (χ0n) is 17.3. The lowest BCUT2D eigenvalue weighted by Crippen LogP contribution is -2.28. The van der Waals surface area contributed by atoms with Crippen molar-refractivity contribution in [1.29, 1.82) is 0 Å². The van der Waals surface area contributed by atoms with Crippen LogP contribution in [-0.2, 0) is 11.3 Å². The first-order valence-corrected chi connectivity index (χ1v) is 11.2. The summed E-state index contributed by atoms with van der Waals surface area (Å²) in [6.07, 6.45) is 0. The first kappa shape index (κ1) is 23.0. The van der Waals surface area contributed by atoms with E-state index in [1.165, 1.54) is 0 Å². The van der Waals surface area contributed by atoms with Gasteiger partial charge in [0.1, 0.15) is 5.69 Å². The van der Waals surface area contributed by atoms with Gasteiger partial charge in [0.2, 0.25) is 0 Å². The third-order valence-electron chi connectivity index (χ3n) is 5.23. The van der Waals surface area contributed by atoms with Gasteiger partial charge in [-0.1, -0.05) is 60.8 Å². The average Bonchev–Trinajstić information content (AvgIpc) is 3.04. The molecule has 2 aromatic carbocycles. The number of hydrogen-bond donors (Lipinski definition) is 0. The maximum absolute atomic E-state index is 13.0. The number of rotatable bonds is 8. The van der Waals surface area contributed by atoms with Gasteiger partial charge in [0, 0.05) is 34.4 Å². The fourth-order valence-electron chi connectivity index (χ4n) is 3.70. The van der Waals surface area contributed by atoms with E-state index in [-0.39, 0.29) is 5.97 Å². The Balaban J connectivity index is 2.29. The number of esters is 1. The molecule has 3 aromatic rings. The minimum absolute atomic E-state index is 0.303. The highest BCUT2D eigenvalue weighted by Crippen LogP contribution is 2.38. The number of halogens is 3. The molecule has 0 unspecified atom stereocenters. The average molecular weight is 468 g/mol. The Hall–Kier alpha value is -1.72. The summed E-state index contributed by atoms with van der Waals surface area (Å²) in [5, 5.41) is 3.22.